The van der Waals surface area contributed by atoms with E-state index in [-0.39, 0.29) is 6.42 Å². The van der Waals surface area contributed by atoms with E-state index < -0.39 is 28.7 Å². The molecule has 5 nitrogen and oxygen atoms in total. The molecule has 0 spiro atoms. The number of rotatable bonds is 5. The summed E-state index contributed by atoms with van der Waals surface area (Å²) in [6.07, 6.45) is 3.48. The van der Waals surface area contributed by atoms with Gasteiger partial charge in [0.2, 0.25) is 0 Å². The number of aryl methyl sites for hydroxylation is 1. The number of fused-ring (bicyclic) bond motifs is 1. The standard InChI is InChI=1S/C24H18F2N2O3/c1-28-19-10-9-16(21(13-5-6-13)23(19)31-24(28)30)14-7-8-15(27-12-14)11-20(29)22-17(25)3-2-4-18(22)26/h2-4,7-10,12-13H,5-6,11H2,1H3. The van der Waals surface area contributed by atoms with E-state index in [1.54, 1.807) is 19.3 Å². The minimum Gasteiger partial charge on any atom is -0.407 e. The van der Waals surface area contributed by atoms with Crippen molar-refractivity contribution in [3.05, 3.63) is 87.7 Å². The van der Waals surface area contributed by atoms with Gasteiger partial charge >= 0.3 is 5.76 Å². The van der Waals surface area contributed by atoms with Gasteiger partial charge in [0.1, 0.15) is 11.6 Å². The predicted molar refractivity (Wildman–Crippen MR) is 111 cm³/mol. The van der Waals surface area contributed by atoms with Crippen molar-refractivity contribution in [1.29, 1.82) is 0 Å². The Hall–Kier alpha value is -3.61. The van der Waals surface area contributed by atoms with Crippen LogP contribution < -0.4 is 5.76 Å². The van der Waals surface area contributed by atoms with Crippen molar-refractivity contribution in [2.24, 2.45) is 7.05 Å². The number of hydrogen-bond donors (Lipinski definition) is 0. The molecular formula is C24H18F2N2O3. The van der Waals surface area contributed by atoms with E-state index in [0.29, 0.717) is 17.2 Å². The molecule has 4 aromatic rings. The molecule has 1 aliphatic carbocycles. The Bertz CT molecular complexity index is 1360. The maximum absolute atomic E-state index is 13.9. The predicted octanol–water partition coefficient (Wildman–Crippen LogP) is 4.77. The lowest BCUT2D eigenvalue weighted by molar-refractivity contribution is 0.0984. The largest absolute Gasteiger partial charge is 0.419 e. The molecule has 2 aromatic carbocycles. The third kappa shape index (κ3) is 3.36. The molecule has 1 fully saturated rings. The maximum Gasteiger partial charge on any atom is 0.419 e. The summed E-state index contributed by atoms with van der Waals surface area (Å²) in [5.41, 5.74) is 3.96. The van der Waals surface area contributed by atoms with Crippen LogP contribution in [0.3, 0.4) is 0 Å². The van der Waals surface area contributed by atoms with E-state index in [4.69, 9.17) is 4.42 Å². The highest BCUT2D eigenvalue weighted by molar-refractivity contribution is 5.97. The van der Waals surface area contributed by atoms with Crippen LogP contribution in [0, 0.1) is 11.6 Å². The van der Waals surface area contributed by atoms with Crippen molar-refractivity contribution in [2.45, 2.75) is 25.2 Å². The fourth-order valence-electron chi connectivity index (χ4n) is 3.95. The Morgan fingerprint density at radius 1 is 1.13 bits per heavy atom. The smallest absolute Gasteiger partial charge is 0.407 e. The van der Waals surface area contributed by atoms with Crippen LogP contribution in [0.2, 0.25) is 0 Å². The number of halogens is 2. The van der Waals surface area contributed by atoms with Gasteiger partial charge in [-0.05, 0) is 48.6 Å². The van der Waals surface area contributed by atoms with Gasteiger partial charge in [0.15, 0.2) is 11.4 Å². The second-order valence-electron chi connectivity index (χ2n) is 7.81. The number of pyridine rings is 1. The number of ketones is 1. The molecule has 31 heavy (non-hydrogen) atoms. The first kappa shape index (κ1) is 19.4. The fourth-order valence-corrected chi connectivity index (χ4v) is 3.95. The SMILES string of the molecule is Cn1c(=O)oc2c(C3CC3)c(-c3ccc(CC(=O)c4c(F)cccc4F)nc3)ccc21. The quantitative estimate of drug-likeness (QED) is 0.436. The Kier molecular flexibility index (Phi) is 4.54. The van der Waals surface area contributed by atoms with E-state index in [2.05, 4.69) is 4.98 Å². The number of aromatic nitrogens is 2. The van der Waals surface area contributed by atoms with E-state index >= 15 is 0 Å². The molecule has 1 aliphatic rings. The summed E-state index contributed by atoms with van der Waals surface area (Å²) in [6.45, 7) is 0. The van der Waals surface area contributed by atoms with Crippen LogP contribution in [0.5, 0.6) is 0 Å². The van der Waals surface area contributed by atoms with Crippen LogP contribution in [0.25, 0.3) is 22.2 Å². The summed E-state index contributed by atoms with van der Waals surface area (Å²) in [5, 5.41) is 0. The molecule has 0 unspecified atom stereocenters. The first-order valence-corrected chi connectivity index (χ1v) is 9.99. The molecule has 2 heterocycles. The zero-order valence-corrected chi connectivity index (χ0v) is 16.7. The Morgan fingerprint density at radius 2 is 1.87 bits per heavy atom. The molecule has 156 valence electrons. The van der Waals surface area contributed by atoms with Crippen molar-refractivity contribution in [1.82, 2.24) is 9.55 Å². The van der Waals surface area contributed by atoms with Crippen LogP contribution in [0.4, 0.5) is 8.78 Å². The first-order valence-electron chi connectivity index (χ1n) is 9.99. The number of oxazole rings is 1. The molecule has 7 heteroatoms. The monoisotopic (exact) mass is 420 g/mol. The van der Waals surface area contributed by atoms with Gasteiger partial charge in [-0.15, -0.1) is 0 Å². The van der Waals surface area contributed by atoms with Crippen LogP contribution in [0.1, 0.15) is 40.4 Å². The highest BCUT2D eigenvalue weighted by Crippen LogP contribution is 2.47. The summed E-state index contributed by atoms with van der Waals surface area (Å²) in [4.78, 5) is 28.7. The van der Waals surface area contributed by atoms with Gasteiger partial charge in [0, 0.05) is 30.1 Å². The van der Waals surface area contributed by atoms with Gasteiger partial charge < -0.3 is 4.42 Å². The normalized spacial score (nSPS) is 13.6. The summed E-state index contributed by atoms with van der Waals surface area (Å²) < 4.78 is 34.7. The number of carbonyl (C=O) groups is 1. The molecule has 0 N–H and O–H groups in total. The number of Topliss-reactive ketones (excluding diaryl/α,β-unsaturated/α-hetero) is 1. The molecule has 1 saturated carbocycles. The molecule has 0 atom stereocenters. The third-order valence-corrected chi connectivity index (χ3v) is 5.70. The van der Waals surface area contributed by atoms with Gasteiger partial charge in [-0.1, -0.05) is 18.2 Å². The Labute approximate surface area is 176 Å². The molecule has 0 saturated heterocycles. The first-order chi connectivity index (χ1) is 14.9. The molecule has 5 rings (SSSR count). The Balaban J connectivity index is 1.48. The van der Waals surface area contributed by atoms with Crippen LogP contribution in [0.15, 0.2) is 57.9 Å². The fraction of sp³-hybridized carbons (Fsp3) is 0.208. The van der Waals surface area contributed by atoms with Crippen molar-refractivity contribution in [3.63, 3.8) is 0 Å². The van der Waals surface area contributed by atoms with Crippen LogP contribution >= 0.6 is 0 Å². The number of carbonyl (C=O) groups excluding carboxylic acids is 1. The molecule has 0 amide bonds. The third-order valence-electron chi connectivity index (χ3n) is 5.70. The van der Waals surface area contributed by atoms with Gasteiger partial charge in [0.25, 0.3) is 0 Å². The topological polar surface area (TPSA) is 65.1 Å². The summed E-state index contributed by atoms with van der Waals surface area (Å²) in [6, 6.07) is 10.6. The number of hydrogen-bond acceptors (Lipinski definition) is 4. The van der Waals surface area contributed by atoms with E-state index in [1.807, 2.05) is 18.2 Å². The van der Waals surface area contributed by atoms with Crippen molar-refractivity contribution >= 4 is 16.9 Å². The van der Waals surface area contributed by atoms with Gasteiger partial charge in [-0.2, -0.15) is 0 Å². The molecular weight excluding hydrogens is 402 g/mol. The van der Waals surface area contributed by atoms with E-state index in [1.165, 1.54) is 10.6 Å². The minimum atomic E-state index is -0.881. The number of benzene rings is 2. The molecule has 2 aromatic heterocycles. The lowest BCUT2D eigenvalue weighted by Crippen LogP contribution is -2.10. The highest BCUT2D eigenvalue weighted by Gasteiger charge is 2.31. The second-order valence-corrected chi connectivity index (χ2v) is 7.81. The maximum atomic E-state index is 13.9. The summed E-state index contributed by atoms with van der Waals surface area (Å²) in [5.74, 6) is -2.50. The summed E-state index contributed by atoms with van der Waals surface area (Å²) >= 11 is 0. The number of nitrogens with zero attached hydrogens (tertiary/aromatic N) is 2. The van der Waals surface area contributed by atoms with Crippen molar-refractivity contribution in [2.75, 3.05) is 0 Å². The van der Waals surface area contributed by atoms with Crippen molar-refractivity contribution in [3.8, 4) is 11.1 Å². The molecule has 0 radical (unpaired) electrons. The van der Waals surface area contributed by atoms with Gasteiger partial charge in [0.05, 0.1) is 17.5 Å². The van der Waals surface area contributed by atoms with Crippen molar-refractivity contribution < 1.29 is 18.0 Å². The lowest BCUT2D eigenvalue weighted by atomic mass is 9.96. The van der Waals surface area contributed by atoms with Gasteiger partial charge in [-0.25, -0.2) is 13.6 Å². The average molecular weight is 420 g/mol. The second kappa shape index (κ2) is 7.27. The lowest BCUT2D eigenvalue weighted by Gasteiger charge is -2.10. The molecule has 0 bridgehead atoms. The van der Waals surface area contributed by atoms with Crippen LogP contribution in [-0.2, 0) is 13.5 Å². The van der Waals surface area contributed by atoms with E-state index in [9.17, 15) is 18.4 Å². The summed E-state index contributed by atoms with van der Waals surface area (Å²) in [7, 11) is 1.68. The zero-order valence-electron chi connectivity index (χ0n) is 16.7. The Morgan fingerprint density at radius 3 is 2.52 bits per heavy atom. The molecule has 0 aliphatic heterocycles. The minimum absolute atomic E-state index is 0.208. The average Bonchev–Trinajstić information content (AvgIpc) is 3.54. The van der Waals surface area contributed by atoms with E-state index in [0.717, 1.165) is 47.2 Å². The highest BCUT2D eigenvalue weighted by atomic mass is 19.1. The zero-order chi connectivity index (χ0) is 21.7. The van der Waals surface area contributed by atoms with Gasteiger partial charge in [-0.3, -0.25) is 14.3 Å². The van der Waals surface area contributed by atoms with Crippen LogP contribution in [-0.4, -0.2) is 15.3 Å².